The second-order valence-electron chi connectivity index (χ2n) is 4.03. The van der Waals surface area contributed by atoms with Crippen molar-refractivity contribution in [3.8, 4) is 0 Å². The molecule has 0 aromatic rings. The van der Waals surface area contributed by atoms with Gasteiger partial charge in [-0.3, -0.25) is 0 Å². The Morgan fingerprint density at radius 2 is 1.38 bits per heavy atom. The Kier molecular flexibility index (Phi) is 6.78. The molecule has 0 fully saturated rings. The first kappa shape index (κ1) is 16.1. The van der Waals surface area contributed by atoms with Crippen molar-refractivity contribution >= 4 is 12.4 Å². The molecule has 86 valence electrons. The van der Waals surface area contributed by atoms with Gasteiger partial charge in [0.1, 0.15) is 0 Å². The Balaban J connectivity index is 0.00000112. The van der Waals surface area contributed by atoms with Gasteiger partial charge in [-0.05, 0) is 49.0 Å². The average molecular weight is 316 g/mol. The Bertz CT molecular complexity index is 341. The van der Waals surface area contributed by atoms with Crippen LogP contribution in [0.25, 0.3) is 0 Å². The summed E-state index contributed by atoms with van der Waals surface area (Å²) in [5.41, 5.74) is 4.79. The van der Waals surface area contributed by atoms with Gasteiger partial charge in [-0.15, -0.1) is 12.4 Å². The number of hydrogen-bond acceptors (Lipinski definition) is 1. The number of rotatable bonds is 2. The maximum Gasteiger partial charge on any atom is 0.0978 e. The van der Waals surface area contributed by atoms with Gasteiger partial charge in [0.05, 0.1) is 6.10 Å². The van der Waals surface area contributed by atoms with E-state index in [0.717, 1.165) is 12.8 Å². The largest absolute Gasteiger partial charge is 0.384 e. The summed E-state index contributed by atoms with van der Waals surface area (Å²) in [5.74, 6) is 0. The number of halogens is 1. The molecule has 0 unspecified atom stereocenters. The Morgan fingerprint density at radius 3 is 1.62 bits per heavy atom. The summed E-state index contributed by atoms with van der Waals surface area (Å²) in [6.07, 6.45) is 9.87. The van der Waals surface area contributed by atoms with Gasteiger partial charge in [-0.25, -0.2) is 0 Å². The molecule has 2 rings (SSSR count). The molecule has 0 amide bonds. The van der Waals surface area contributed by atoms with Crippen LogP contribution in [0.2, 0.25) is 0 Å². The first-order valence-electron chi connectivity index (χ1n) is 5.10. The zero-order valence-corrected chi connectivity index (χ0v) is 12.9. The van der Waals surface area contributed by atoms with Crippen molar-refractivity contribution in [2.75, 3.05) is 0 Å². The Morgan fingerprint density at radius 1 is 1.00 bits per heavy atom. The van der Waals surface area contributed by atoms with Crippen LogP contribution in [0.15, 0.2) is 46.6 Å². The van der Waals surface area contributed by atoms with Gasteiger partial charge in [0, 0.05) is 26.2 Å². The maximum absolute atomic E-state index is 10.2. The van der Waals surface area contributed by atoms with Crippen LogP contribution in [-0.4, -0.2) is 11.2 Å². The zero-order valence-electron chi connectivity index (χ0n) is 9.66. The van der Waals surface area contributed by atoms with E-state index in [4.69, 9.17) is 0 Å². The van der Waals surface area contributed by atoms with Gasteiger partial charge >= 0.3 is 0 Å². The second-order valence-corrected chi connectivity index (χ2v) is 4.03. The molecule has 3 heteroatoms. The zero-order chi connectivity index (χ0) is 10.1. The van der Waals surface area contributed by atoms with E-state index in [1.165, 1.54) is 22.3 Å². The molecule has 0 radical (unpaired) electrons. The second kappa shape index (κ2) is 6.74. The fourth-order valence-electron chi connectivity index (χ4n) is 2.13. The van der Waals surface area contributed by atoms with Crippen LogP contribution in [0, 0.1) is 0 Å². The molecular formula is C13H17ClOZr. The van der Waals surface area contributed by atoms with Crippen molar-refractivity contribution in [2.45, 2.75) is 32.8 Å². The molecule has 0 saturated carbocycles. The van der Waals surface area contributed by atoms with Crippen molar-refractivity contribution in [1.82, 2.24) is 0 Å². The van der Waals surface area contributed by atoms with Crippen LogP contribution in [-0.2, 0) is 26.2 Å². The molecule has 1 N–H and O–H groups in total. The van der Waals surface area contributed by atoms with Crippen LogP contribution in [0.3, 0.4) is 0 Å². The molecule has 2 aliphatic carbocycles. The summed E-state index contributed by atoms with van der Waals surface area (Å²) in [5, 5.41) is 10.2. The fraction of sp³-hybridized carbons (Fsp3) is 0.385. The first-order valence-corrected chi connectivity index (χ1v) is 5.10. The van der Waals surface area contributed by atoms with E-state index in [1.807, 2.05) is 0 Å². The molecule has 0 saturated heterocycles. The minimum atomic E-state index is -0.361. The molecule has 0 atom stereocenters. The van der Waals surface area contributed by atoms with Crippen molar-refractivity contribution in [1.29, 1.82) is 0 Å². The molecule has 16 heavy (non-hydrogen) atoms. The summed E-state index contributed by atoms with van der Waals surface area (Å²) < 4.78 is 0. The van der Waals surface area contributed by atoms with Gasteiger partial charge in [-0.1, -0.05) is 24.3 Å². The number of allylic oxidation sites excluding steroid dienone is 6. The van der Waals surface area contributed by atoms with Gasteiger partial charge in [-0.2, -0.15) is 0 Å². The van der Waals surface area contributed by atoms with E-state index < -0.39 is 0 Å². The molecular weight excluding hydrogens is 299 g/mol. The Hall–Kier alpha value is 0.0931. The van der Waals surface area contributed by atoms with Crippen LogP contribution < -0.4 is 0 Å². The standard InChI is InChI=1S/C13H16O.ClH.Zr/c1-9-5-3-7-11(9)13(14)12-8-4-6-10(12)2;;/h3-6,13-14H,7-8H2,1-2H3;1H;. The van der Waals surface area contributed by atoms with E-state index in [-0.39, 0.29) is 44.7 Å². The van der Waals surface area contributed by atoms with Crippen LogP contribution in [0.5, 0.6) is 0 Å². The summed E-state index contributed by atoms with van der Waals surface area (Å²) >= 11 is 0. The van der Waals surface area contributed by atoms with Crippen molar-refractivity contribution < 1.29 is 31.3 Å². The van der Waals surface area contributed by atoms with E-state index in [0.29, 0.717) is 0 Å². The Labute approximate surface area is 123 Å². The summed E-state index contributed by atoms with van der Waals surface area (Å²) in [7, 11) is 0. The molecule has 0 spiro atoms. The molecule has 0 aromatic heterocycles. The maximum atomic E-state index is 10.2. The fourth-order valence-corrected chi connectivity index (χ4v) is 2.13. The van der Waals surface area contributed by atoms with Crippen LogP contribution >= 0.6 is 12.4 Å². The number of aliphatic hydroxyl groups is 1. The monoisotopic (exact) mass is 314 g/mol. The molecule has 1 nitrogen and oxygen atoms in total. The predicted molar refractivity (Wildman–Crippen MR) is 66.2 cm³/mol. The predicted octanol–water partition coefficient (Wildman–Crippen LogP) is 3.32. The van der Waals surface area contributed by atoms with Gasteiger partial charge in [0.15, 0.2) is 0 Å². The minimum Gasteiger partial charge on any atom is -0.384 e. The van der Waals surface area contributed by atoms with Crippen molar-refractivity contribution in [3.05, 3.63) is 46.6 Å². The molecule has 0 aliphatic heterocycles. The molecule has 0 bridgehead atoms. The molecule has 0 heterocycles. The van der Waals surface area contributed by atoms with Crippen molar-refractivity contribution in [2.24, 2.45) is 0 Å². The van der Waals surface area contributed by atoms with E-state index in [9.17, 15) is 5.11 Å². The number of aliphatic hydroxyl groups excluding tert-OH is 1. The molecule has 2 aliphatic rings. The smallest absolute Gasteiger partial charge is 0.0978 e. The summed E-state index contributed by atoms with van der Waals surface area (Å²) in [4.78, 5) is 0. The van der Waals surface area contributed by atoms with Gasteiger partial charge in [0.25, 0.3) is 0 Å². The van der Waals surface area contributed by atoms with E-state index >= 15 is 0 Å². The quantitative estimate of drug-likeness (QED) is 0.829. The van der Waals surface area contributed by atoms with E-state index in [1.54, 1.807) is 0 Å². The summed E-state index contributed by atoms with van der Waals surface area (Å²) in [6.45, 7) is 4.14. The van der Waals surface area contributed by atoms with Crippen LogP contribution in [0.1, 0.15) is 26.7 Å². The normalized spacial score (nSPS) is 18.2. The summed E-state index contributed by atoms with van der Waals surface area (Å²) in [6, 6.07) is 0. The third-order valence-electron chi connectivity index (χ3n) is 3.08. The van der Waals surface area contributed by atoms with Gasteiger partial charge in [0.2, 0.25) is 0 Å². The van der Waals surface area contributed by atoms with Gasteiger partial charge < -0.3 is 5.11 Å². The molecule has 0 aromatic carbocycles. The minimum absolute atomic E-state index is 0. The van der Waals surface area contributed by atoms with Crippen molar-refractivity contribution in [3.63, 3.8) is 0 Å². The van der Waals surface area contributed by atoms with E-state index in [2.05, 4.69) is 38.2 Å². The average Bonchev–Trinajstić information content (AvgIpc) is 2.73. The van der Waals surface area contributed by atoms with Crippen LogP contribution in [0.4, 0.5) is 0 Å². The SMILES string of the molecule is CC1=C(C(O)C2=C(C)C=CC2)CC=C1.Cl.[Zr]. The topological polar surface area (TPSA) is 20.2 Å². The third kappa shape index (κ3) is 3.06. The first-order chi connectivity index (χ1) is 6.70. The third-order valence-corrected chi connectivity index (χ3v) is 3.08. The number of hydrogen-bond donors (Lipinski definition) is 1.